The van der Waals surface area contributed by atoms with Gasteiger partial charge in [0, 0.05) is 6.42 Å². The number of hydrogen-bond acceptors (Lipinski definition) is 6. The van der Waals surface area contributed by atoms with E-state index in [1.807, 2.05) is 27.2 Å². The van der Waals surface area contributed by atoms with Crippen molar-refractivity contribution in [3.05, 3.63) is 97.2 Å². The minimum absolute atomic E-state index is 0.00818. The van der Waals surface area contributed by atoms with E-state index in [0.717, 1.165) is 77.0 Å². The Morgan fingerprint density at radius 2 is 0.861 bits per heavy atom. The lowest BCUT2D eigenvalue weighted by Crippen LogP contribution is -2.45. The Kier molecular flexibility index (Phi) is 51.3. The number of rotatable bonds is 53. The molecular formula is C63H113N2O6P. The van der Waals surface area contributed by atoms with Gasteiger partial charge in [0.15, 0.2) is 0 Å². The Morgan fingerprint density at radius 3 is 1.29 bits per heavy atom. The van der Waals surface area contributed by atoms with Crippen molar-refractivity contribution in [3.63, 3.8) is 0 Å². The topological polar surface area (TPSA) is 108 Å². The number of allylic oxidation sites excluding steroid dienone is 15. The van der Waals surface area contributed by atoms with Crippen molar-refractivity contribution in [1.82, 2.24) is 5.32 Å². The van der Waals surface area contributed by atoms with E-state index in [1.165, 1.54) is 148 Å². The quantitative estimate of drug-likeness (QED) is 0.0272. The van der Waals surface area contributed by atoms with Crippen molar-refractivity contribution in [3.8, 4) is 0 Å². The summed E-state index contributed by atoms with van der Waals surface area (Å²) in [5.74, 6) is -0.210. The van der Waals surface area contributed by atoms with Crippen molar-refractivity contribution in [2.24, 2.45) is 0 Å². The highest BCUT2D eigenvalue weighted by Gasteiger charge is 2.23. The van der Waals surface area contributed by atoms with Gasteiger partial charge in [-0.3, -0.25) is 9.36 Å². The van der Waals surface area contributed by atoms with E-state index in [2.05, 4.69) is 104 Å². The standard InChI is InChI=1S/C63H113N2O6P/c1-6-8-10-12-14-16-17-18-19-20-21-22-23-24-25-26-27-28-29-30-31-32-33-34-35-36-37-38-39-40-41-42-43-44-45-46-47-49-51-53-55-57-63(67)64-61(60-71-72(68,69)70-59-58-65(3,4)5)62(66)56-54-52-50-48-15-13-11-9-7-2/h8,10,14-16,18-19,21-22,24-25,27-28,48,54,56,61-62,66H,6-7,9,11-13,17,20,23,26,29-47,49-53,55,57-60H2,1-5H3,(H-,64,67,68,69)/b10-8-,16-14-,19-18-,22-21-,25-24-,28-27-,48-15+,56-54+. The zero-order chi connectivity index (χ0) is 52.7. The average molecular weight is 1030 g/mol. The Morgan fingerprint density at radius 1 is 0.500 bits per heavy atom. The maximum absolute atomic E-state index is 12.9. The number of unbranched alkanes of at least 4 members (excludes halogenated alkanes) is 26. The highest BCUT2D eigenvalue weighted by Crippen LogP contribution is 2.38. The normalized spacial score (nSPS) is 14.6. The molecule has 72 heavy (non-hydrogen) atoms. The van der Waals surface area contributed by atoms with Crippen LogP contribution >= 0.6 is 7.82 Å². The Bertz CT molecular complexity index is 1490. The van der Waals surface area contributed by atoms with E-state index in [1.54, 1.807) is 6.08 Å². The second-order valence-corrected chi connectivity index (χ2v) is 22.4. The van der Waals surface area contributed by atoms with Gasteiger partial charge in [-0.05, 0) is 83.5 Å². The number of carbonyl (C=O) groups is 1. The van der Waals surface area contributed by atoms with Crippen molar-refractivity contribution in [1.29, 1.82) is 0 Å². The fourth-order valence-corrected chi connectivity index (χ4v) is 8.90. The van der Waals surface area contributed by atoms with Gasteiger partial charge < -0.3 is 28.8 Å². The van der Waals surface area contributed by atoms with Crippen molar-refractivity contribution >= 4 is 13.7 Å². The number of phosphoric ester groups is 1. The monoisotopic (exact) mass is 1020 g/mol. The molecule has 0 saturated carbocycles. The Labute approximate surface area is 445 Å². The van der Waals surface area contributed by atoms with Gasteiger partial charge in [-0.15, -0.1) is 0 Å². The van der Waals surface area contributed by atoms with Crippen LogP contribution in [0.1, 0.15) is 245 Å². The number of carbonyl (C=O) groups excluding carboxylic acids is 1. The molecule has 0 fully saturated rings. The molecule has 0 spiro atoms. The van der Waals surface area contributed by atoms with Crippen LogP contribution in [0.3, 0.4) is 0 Å². The van der Waals surface area contributed by atoms with Crippen LogP contribution in [-0.4, -0.2) is 68.5 Å². The number of aliphatic hydroxyl groups is 1. The van der Waals surface area contributed by atoms with Crippen molar-refractivity contribution in [2.75, 3.05) is 40.9 Å². The third kappa shape index (κ3) is 55.2. The van der Waals surface area contributed by atoms with E-state index in [9.17, 15) is 19.4 Å². The average Bonchev–Trinajstić information content (AvgIpc) is 3.34. The number of likely N-dealkylation sites (N-methyl/N-ethyl adjacent to an activating group) is 1. The van der Waals surface area contributed by atoms with Gasteiger partial charge in [-0.1, -0.05) is 252 Å². The zero-order valence-electron chi connectivity index (χ0n) is 47.4. The minimum atomic E-state index is -4.60. The molecule has 0 aromatic heterocycles. The second-order valence-electron chi connectivity index (χ2n) is 21.0. The van der Waals surface area contributed by atoms with Crippen molar-refractivity contribution < 1.29 is 32.9 Å². The Balaban J connectivity index is 3.84. The molecule has 0 aromatic rings. The molecule has 2 N–H and O–H groups in total. The molecular weight excluding hydrogens is 912 g/mol. The van der Waals surface area contributed by atoms with Crippen molar-refractivity contribution in [2.45, 2.75) is 257 Å². The summed E-state index contributed by atoms with van der Waals surface area (Å²) in [6.45, 7) is 4.45. The Hall–Kier alpha value is -2.58. The molecule has 416 valence electrons. The molecule has 3 atom stereocenters. The molecule has 0 aromatic carbocycles. The van der Waals surface area contributed by atoms with Gasteiger partial charge in [-0.25, -0.2) is 0 Å². The first-order valence-electron chi connectivity index (χ1n) is 29.6. The lowest BCUT2D eigenvalue weighted by atomic mass is 10.0. The van der Waals surface area contributed by atoms with E-state index in [4.69, 9.17) is 9.05 Å². The molecule has 8 nitrogen and oxygen atoms in total. The summed E-state index contributed by atoms with van der Waals surface area (Å²) < 4.78 is 23.2. The van der Waals surface area contributed by atoms with E-state index in [-0.39, 0.29) is 12.5 Å². The first-order valence-corrected chi connectivity index (χ1v) is 31.1. The maximum atomic E-state index is 12.9. The fourth-order valence-electron chi connectivity index (χ4n) is 8.17. The molecule has 0 rings (SSSR count). The summed E-state index contributed by atoms with van der Waals surface area (Å²) in [6.07, 6.45) is 76.8. The third-order valence-electron chi connectivity index (χ3n) is 12.8. The summed E-state index contributed by atoms with van der Waals surface area (Å²) in [6, 6.07) is -0.903. The maximum Gasteiger partial charge on any atom is 0.268 e. The molecule has 0 bridgehead atoms. The van der Waals surface area contributed by atoms with Crippen LogP contribution in [0.25, 0.3) is 0 Å². The van der Waals surface area contributed by atoms with Gasteiger partial charge in [0.05, 0.1) is 39.9 Å². The molecule has 0 radical (unpaired) electrons. The highest BCUT2D eigenvalue weighted by atomic mass is 31.2. The number of quaternary nitrogens is 1. The molecule has 3 unspecified atom stereocenters. The summed E-state index contributed by atoms with van der Waals surface area (Å²) in [5, 5.41) is 13.7. The first kappa shape index (κ1) is 69.4. The fraction of sp³-hybridized carbons (Fsp3) is 0.730. The van der Waals surface area contributed by atoms with Crippen LogP contribution in [0.2, 0.25) is 0 Å². The van der Waals surface area contributed by atoms with Crippen LogP contribution < -0.4 is 10.2 Å². The smallest absolute Gasteiger partial charge is 0.268 e. The van der Waals surface area contributed by atoms with Crippen LogP contribution in [-0.2, 0) is 18.4 Å². The molecule has 9 heteroatoms. The molecule has 0 aliphatic rings. The van der Waals surface area contributed by atoms with Crippen LogP contribution in [0.15, 0.2) is 97.2 Å². The van der Waals surface area contributed by atoms with Gasteiger partial charge in [-0.2, -0.15) is 0 Å². The predicted octanol–water partition coefficient (Wildman–Crippen LogP) is 17.6. The van der Waals surface area contributed by atoms with Gasteiger partial charge in [0.2, 0.25) is 5.91 Å². The highest BCUT2D eigenvalue weighted by molar-refractivity contribution is 7.45. The van der Waals surface area contributed by atoms with Crippen LogP contribution in [0, 0.1) is 0 Å². The van der Waals surface area contributed by atoms with E-state index in [0.29, 0.717) is 17.4 Å². The number of phosphoric acid groups is 1. The minimum Gasteiger partial charge on any atom is -0.756 e. The predicted molar refractivity (Wildman–Crippen MR) is 311 cm³/mol. The van der Waals surface area contributed by atoms with Gasteiger partial charge in [0.1, 0.15) is 13.2 Å². The number of aliphatic hydroxyl groups excluding tert-OH is 1. The molecule has 0 aliphatic heterocycles. The summed E-state index contributed by atoms with van der Waals surface area (Å²) >= 11 is 0. The lowest BCUT2D eigenvalue weighted by Gasteiger charge is -2.29. The van der Waals surface area contributed by atoms with Gasteiger partial charge >= 0.3 is 0 Å². The summed E-state index contributed by atoms with van der Waals surface area (Å²) in [7, 11) is 1.24. The molecule has 1 amide bonds. The second kappa shape index (κ2) is 53.3. The van der Waals surface area contributed by atoms with Crippen LogP contribution in [0.5, 0.6) is 0 Å². The number of hydrogen-bond donors (Lipinski definition) is 2. The van der Waals surface area contributed by atoms with Crippen LogP contribution in [0.4, 0.5) is 0 Å². The molecule has 0 heterocycles. The first-order chi connectivity index (χ1) is 35.0. The number of nitrogens with zero attached hydrogens (tertiary/aromatic N) is 1. The van der Waals surface area contributed by atoms with Gasteiger partial charge in [0.25, 0.3) is 7.82 Å². The summed E-state index contributed by atoms with van der Waals surface area (Å²) in [5.41, 5.74) is 0. The zero-order valence-corrected chi connectivity index (χ0v) is 48.2. The lowest BCUT2D eigenvalue weighted by molar-refractivity contribution is -0.870. The largest absolute Gasteiger partial charge is 0.756 e. The van der Waals surface area contributed by atoms with E-state index < -0.39 is 26.6 Å². The summed E-state index contributed by atoms with van der Waals surface area (Å²) in [4.78, 5) is 25.3. The molecule has 0 saturated heterocycles. The third-order valence-corrected chi connectivity index (χ3v) is 13.7. The number of amides is 1. The number of nitrogens with one attached hydrogen (secondary N) is 1. The SMILES string of the molecule is CC/C=C\C/C=C\C/C=C\C/C=C\C/C=C\C/C=C\CCCCCCCCCCCCCCCCCCCCCCCCC(=O)NC(COP(=O)([O-])OCC[N+](C)(C)C)C(O)/C=C/CC/C=C/CCCCC. The molecule has 0 aliphatic carbocycles. The van der Waals surface area contributed by atoms with E-state index >= 15 is 0 Å².